The van der Waals surface area contributed by atoms with E-state index < -0.39 is 0 Å². The van der Waals surface area contributed by atoms with E-state index in [9.17, 15) is 4.79 Å². The fraction of sp³-hybridized carbons (Fsp3) is 0.700. The van der Waals surface area contributed by atoms with E-state index in [0.717, 1.165) is 25.9 Å². The van der Waals surface area contributed by atoms with Gasteiger partial charge in [0.15, 0.2) is 0 Å². The number of carbonyl (C=O) groups excluding carboxylic acids is 1. The van der Waals surface area contributed by atoms with Crippen LogP contribution in [-0.4, -0.2) is 42.6 Å². The summed E-state index contributed by atoms with van der Waals surface area (Å²) >= 11 is 1.19. The summed E-state index contributed by atoms with van der Waals surface area (Å²) < 4.78 is 10.2. The van der Waals surface area contributed by atoms with Crippen molar-refractivity contribution in [3.63, 3.8) is 0 Å². The molecule has 2 heterocycles. The lowest BCUT2D eigenvalue weighted by molar-refractivity contribution is 0.143. The third kappa shape index (κ3) is 3.81. The molecule has 1 unspecified atom stereocenters. The molecule has 0 spiro atoms. The van der Waals surface area contributed by atoms with Crippen LogP contribution >= 0.6 is 11.3 Å². The minimum atomic E-state index is -0.263. The molecule has 1 atom stereocenters. The highest BCUT2D eigenvalue weighted by molar-refractivity contribution is 7.17. The molecule has 1 aromatic heterocycles. The summed E-state index contributed by atoms with van der Waals surface area (Å²) in [7, 11) is 1.51. The number of ether oxygens (including phenoxy) is 2. The molecule has 0 aliphatic carbocycles. The molecular weight excluding hydrogens is 256 g/mol. The van der Waals surface area contributed by atoms with Crippen LogP contribution in [-0.2, 0) is 4.74 Å². The van der Waals surface area contributed by atoms with Gasteiger partial charge in [-0.25, -0.2) is 4.79 Å². The Morgan fingerprint density at radius 3 is 3.11 bits per heavy atom. The number of urea groups is 1. The predicted octanol–water partition coefficient (Wildman–Crippen LogP) is 1.24. The highest BCUT2D eigenvalue weighted by Gasteiger charge is 2.16. The first-order chi connectivity index (χ1) is 8.78. The SMILES string of the molecule is COc1nnc(NC(=O)NC2CCCOCC2)s1. The van der Waals surface area contributed by atoms with E-state index in [4.69, 9.17) is 9.47 Å². The first-order valence-corrected chi connectivity index (χ1v) is 6.62. The summed E-state index contributed by atoms with van der Waals surface area (Å²) in [6.45, 7) is 1.46. The summed E-state index contributed by atoms with van der Waals surface area (Å²) in [5.41, 5.74) is 0. The molecule has 0 radical (unpaired) electrons. The molecule has 1 aliphatic rings. The zero-order chi connectivity index (χ0) is 12.8. The summed E-state index contributed by atoms with van der Waals surface area (Å²) in [5, 5.41) is 13.9. The fourth-order valence-corrected chi connectivity index (χ4v) is 2.27. The van der Waals surface area contributed by atoms with Crippen molar-refractivity contribution in [2.24, 2.45) is 0 Å². The van der Waals surface area contributed by atoms with Gasteiger partial charge < -0.3 is 14.8 Å². The van der Waals surface area contributed by atoms with Crippen LogP contribution in [0.15, 0.2) is 0 Å². The van der Waals surface area contributed by atoms with Crippen LogP contribution in [0.25, 0.3) is 0 Å². The Morgan fingerprint density at radius 2 is 2.33 bits per heavy atom. The molecule has 0 aromatic carbocycles. The number of hydrogen-bond donors (Lipinski definition) is 2. The first-order valence-electron chi connectivity index (χ1n) is 5.80. The molecule has 1 saturated heterocycles. The van der Waals surface area contributed by atoms with Gasteiger partial charge in [0.05, 0.1) is 7.11 Å². The Kier molecular flexibility index (Phi) is 4.71. The van der Waals surface area contributed by atoms with E-state index in [2.05, 4.69) is 20.8 Å². The number of rotatable bonds is 3. The van der Waals surface area contributed by atoms with Gasteiger partial charge in [0, 0.05) is 19.3 Å². The molecule has 7 nitrogen and oxygen atoms in total. The lowest BCUT2D eigenvalue weighted by Crippen LogP contribution is -2.38. The van der Waals surface area contributed by atoms with Gasteiger partial charge in [0.25, 0.3) is 5.19 Å². The highest BCUT2D eigenvalue weighted by Crippen LogP contribution is 2.21. The number of amides is 2. The van der Waals surface area contributed by atoms with Gasteiger partial charge in [0.1, 0.15) is 0 Å². The molecule has 0 saturated carbocycles. The highest BCUT2D eigenvalue weighted by atomic mass is 32.1. The van der Waals surface area contributed by atoms with Crippen LogP contribution in [0.5, 0.6) is 5.19 Å². The summed E-state index contributed by atoms with van der Waals surface area (Å²) in [6.07, 6.45) is 2.75. The molecule has 2 amide bonds. The van der Waals surface area contributed by atoms with E-state index in [1.807, 2.05) is 0 Å². The van der Waals surface area contributed by atoms with Crippen molar-refractivity contribution in [2.75, 3.05) is 25.6 Å². The van der Waals surface area contributed by atoms with Crippen LogP contribution in [0.4, 0.5) is 9.93 Å². The zero-order valence-electron chi connectivity index (χ0n) is 10.1. The molecule has 18 heavy (non-hydrogen) atoms. The third-order valence-corrected chi connectivity index (χ3v) is 3.39. The number of nitrogens with one attached hydrogen (secondary N) is 2. The molecule has 2 N–H and O–H groups in total. The van der Waals surface area contributed by atoms with Crippen LogP contribution in [0.3, 0.4) is 0 Å². The van der Waals surface area contributed by atoms with Gasteiger partial charge in [0.2, 0.25) is 5.13 Å². The van der Waals surface area contributed by atoms with Crippen LogP contribution in [0.2, 0.25) is 0 Å². The number of hydrogen-bond acceptors (Lipinski definition) is 6. The smallest absolute Gasteiger partial charge is 0.321 e. The number of methoxy groups -OCH3 is 1. The second-order valence-electron chi connectivity index (χ2n) is 3.92. The third-order valence-electron chi connectivity index (χ3n) is 2.59. The van der Waals surface area contributed by atoms with Crippen molar-refractivity contribution in [2.45, 2.75) is 25.3 Å². The largest absolute Gasteiger partial charge is 0.472 e. The van der Waals surface area contributed by atoms with E-state index in [-0.39, 0.29) is 12.1 Å². The molecule has 2 rings (SSSR count). The maximum atomic E-state index is 11.7. The van der Waals surface area contributed by atoms with E-state index in [1.165, 1.54) is 18.4 Å². The summed E-state index contributed by atoms with van der Waals surface area (Å²) in [4.78, 5) is 11.7. The molecule has 1 aromatic rings. The van der Waals surface area contributed by atoms with Gasteiger partial charge in [-0.15, -0.1) is 5.10 Å². The van der Waals surface area contributed by atoms with Crippen molar-refractivity contribution in [1.29, 1.82) is 0 Å². The van der Waals surface area contributed by atoms with E-state index in [1.54, 1.807) is 0 Å². The standard InChI is InChI=1S/C10H16N4O3S/c1-16-10-14-13-9(18-10)12-8(15)11-7-3-2-5-17-6-4-7/h7H,2-6H2,1H3,(H2,11,12,13,15). The van der Waals surface area contributed by atoms with Crippen LogP contribution < -0.4 is 15.4 Å². The normalized spacial score (nSPS) is 19.9. The maximum Gasteiger partial charge on any atom is 0.321 e. The van der Waals surface area contributed by atoms with Crippen molar-refractivity contribution in [3.05, 3.63) is 0 Å². The number of aromatic nitrogens is 2. The Morgan fingerprint density at radius 1 is 1.44 bits per heavy atom. The molecular formula is C10H16N4O3S. The first kappa shape index (κ1) is 13.0. The lowest BCUT2D eigenvalue weighted by atomic mass is 10.1. The van der Waals surface area contributed by atoms with Gasteiger partial charge in [-0.05, 0) is 30.6 Å². The zero-order valence-corrected chi connectivity index (χ0v) is 11.0. The Balaban J connectivity index is 1.80. The summed E-state index contributed by atoms with van der Waals surface area (Å²) in [6, 6.07) is -0.108. The predicted molar refractivity (Wildman–Crippen MR) is 67.1 cm³/mol. The number of nitrogens with zero attached hydrogens (tertiary/aromatic N) is 2. The average molecular weight is 272 g/mol. The lowest BCUT2D eigenvalue weighted by Gasteiger charge is -2.15. The van der Waals surface area contributed by atoms with Crippen molar-refractivity contribution in [3.8, 4) is 5.19 Å². The Labute approximate surface area is 109 Å². The molecule has 0 bridgehead atoms. The molecule has 1 aliphatic heterocycles. The molecule has 1 fully saturated rings. The maximum absolute atomic E-state index is 11.7. The second kappa shape index (κ2) is 6.50. The van der Waals surface area contributed by atoms with Crippen LogP contribution in [0.1, 0.15) is 19.3 Å². The van der Waals surface area contributed by atoms with E-state index in [0.29, 0.717) is 16.9 Å². The molecule has 100 valence electrons. The minimum absolute atomic E-state index is 0.155. The van der Waals surface area contributed by atoms with Gasteiger partial charge >= 0.3 is 6.03 Å². The average Bonchev–Trinajstić information content (AvgIpc) is 2.65. The number of carbonyl (C=O) groups is 1. The van der Waals surface area contributed by atoms with Crippen molar-refractivity contribution < 1.29 is 14.3 Å². The number of anilines is 1. The molecule has 8 heteroatoms. The monoisotopic (exact) mass is 272 g/mol. The Bertz CT molecular complexity index is 390. The fourth-order valence-electron chi connectivity index (χ4n) is 1.71. The second-order valence-corrected chi connectivity index (χ2v) is 4.86. The van der Waals surface area contributed by atoms with Gasteiger partial charge in [-0.2, -0.15) is 0 Å². The topological polar surface area (TPSA) is 85.4 Å². The summed E-state index contributed by atoms with van der Waals surface area (Å²) in [5.74, 6) is 0. The van der Waals surface area contributed by atoms with Gasteiger partial charge in [-0.1, -0.05) is 5.10 Å². The van der Waals surface area contributed by atoms with E-state index >= 15 is 0 Å². The minimum Gasteiger partial charge on any atom is -0.472 e. The van der Waals surface area contributed by atoms with Crippen molar-refractivity contribution in [1.82, 2.24) is 15.5 Å². The van der Waals surface area contributed by atoms with Gasteiger partial charge in [-0.3, -0.25) is 5.32 Å². The van der Waals surface area contributed by atoms with Crippen molar-refractivity contribution >= 4 is 22.5 Å². The van der Waals surface area contributed by atoms with Crippen LogP contribution in [0, 0.1) is 0 Å². The quantitative estimate of drug-likeness (QED) is 0.864. The Hall–Kier alpha value is -1.41.